The van der Waals surface area contributed by atoms with E-state index in [2.05, 4.69) is 51.1 Å². The molecule has 0 aromatic rings. The number of Topliss-reactive ketones (excluding diaryl/α,β-unsaturated/α-hetero) is 1. The van der Waals surface area contributed by atoms with E-state index >= 15 is 0 Å². The molecule has 3 aliphatic carbocycles. The molecule has 0 aromatic heterocycles. The fourth-order valence-electron chi connectivity index (χ4n) is 10.2. The van der Waals surface area contributed by atoms with Crippen molar-refractivity contribution < 1.29 is 49.3 Å². The molecule has 0 radical (unpaired) electrons. The van der Waals surface area contributed by atoms with Gasteiger partial charge in [0.15, 0.2) is 18.4 Å². The smallest absolute Gasteiger partial charge is 0.306 e. The van der Waals surface area contributed by atoms with Gasteiger partial charge in [-0.15, -0.1) is 0 Å². The zero-order valence-electron chi connectivity index (χ0n) is 32.0. The number of hydrogen-bond acceptors (Lipinski definition) is 11. The van der Waals surface area contributed by atoms with Crippen LogP contribution in [0.25, 0.3) is 0 Å². The molecule has 0 spiro atoms. The summed E-state index contributed by atoms with van der Waals surface area (Å²) in [4.78, 5) is 30.3. The molecule has 6 aliphatic rings. The van der Waals surface area contributed by atoms with Crippen molar-refractivity contribution in [1.29, 1.82) is 0 Å². The first-order chi connectivity index (χ1) is 24.4. The van der Waals surface area contributed by atoms with Gasteiger partial charge in [-0.3, -0.25) is 9.59 Å². The maximum atomic E-state index is 14.6. The van der Waals surface area contributed by atoms with Gasteiger partial charge in [0.25, 0.3) is 0 Å². The third kappa shape index (κ3) is 8.21. The number of aliphatic hydroxyl groups is 1. The van der Waals surface area contributed by atoms with Gasteiger partial charge in [-0.05, 0) is 109 Å². The molecule has 1 saturated carbocycles. The average molecular weight is 720 g/mol. The monoisotopic (exact) mass is 719 g/mol. The molecule has 290 valence electrons. The van der Waals surface area contributed by atoms with Crippen LogP contribution in [0.5, 0.6) is 0 Å². The first kappa shape index (κ1) is 39.0. The highest BCUT2D eigenvalue weighted by atomic mass is 16.7. The van der Waals surface area contributed by atoms with Crippen molar-refractivity contribution in [3.05, 3.63) is 23.8 Å². The highest BCUT2D eigenvalue weighted by Crippen LogP contribution is 2.54. The topological polar surface area (TPSA) is 122 Å². The van der Waals surface area contributed by atoms with Crippen LogP contribution in [0.2, 0.25) is 0 Å². The first-order valence-electron chi connectivity index (χ1n) is 19.6. The molecule has 0 amide bonds. The molecular weight excluding hydrogens is 654 g/mol. The van der Waals surface area contributed by atoms with Crippen LogP contribution in [0.3, 0.4) is 0 Å². The number of rotatable bonds is 8. The Kier molecular flexibility index (Phi) is 12.8. The van der Waals surface area contributed by atoms with E-state index in [9.17, 15) is 14.7 Å². The van der Waals surface area contributed by atoms with Crippen molar-refractivity contribution in [3.63, 3.8) is 0 Å². The number of nitrogens with zero attached hydrogens (tertiary/aromatic N) is 1. The van der Waals surface area contributed by atoms with Gasteiger partial charge in [-0.2, -0.15) is 0 Å². The Morgan fingerprint density at radius 2 is 1.69 bits per heavy atom. The number of ether oxygens (including phenoxy) is 7. The number of hydrogen-bond donors (Lipinski definition) is 1. The van der Waals surface area contributed by atoms with Crippen LogP contribution in [0.15, 0.2) is 23.8 Å². The normalized spacial score (nSPS) is 46.4. The van der Waals surface area contributed by atoms with Crippen LogP contribution in [-0.2, 0) is 42.7 Å². The molecule has 11 nitrogen and oxygen atoms in total. The Morgan fingerprint density at radius 3 is 2.37 bits per heavy atom. The van der Waals surface area contributed by atoms with Gasteiger partial charge in [-0.25, -0.2) is 0 Å². The predicted molar refractivity (Wildman–Crippen MR) is 192 cm³/mol. The fourth-order valence-corrected chi connectivity index (χ4v) is 10.2. The molecule has 0 unspecified atom stereocenters. The molecule has 0 bridgehead atoms. The van der Waals surface area contributed by atoms with E-state index in [1.54, 1.807) is 14.2 Å². The van der Waals surface area contributed by atoms with E-state index in [0.29, 0.717) is 12.5 Å². The summed E-state index contributed by atoms with van der Waals surface area (Å²) in [5.74, 6) is -0.141. The maximum absolute atomic E-state index is 14.6. The van der Waals surface area contributed by atoms with Gasteiger partial charge in [0.1, 0.15) is 24.4 Å². The van der Waals surface area contributed by atoms with Crippen molar-refractivity contribution in [2.75, 3.05) is 28.3 Å². The Morgan fingerprint density at radius 1 is 0.922 bits per heavy atom. The minimum Gasteiger partial charge on any atom is -0.462 e. The minimum absolute atomic E-state index is 0. The van der Waals surface area contributed by atoms with E-state index in [1.165, 1.54) is 0 Å². The van der Waals surface area contributed by atoms with Gasteiger partial charge in [0, 0.05) is 33.5 Å². The number of fused-ring (bicyclic) bond motifs is 5. The van der Waals surface area contributed by atoms with Crippen LogP contribution in [0.4, 0.5) is 0 Å². The summed E-state index contributed by atoms with van der Waals surface area (Å²) in [5.41, 5.74) is 0.745. The largest absolute Gasteiger partial charge is 0.462 e. The van der Waals surface area contributed by atoms with Gasteiger partial charge < -0.3 is 43.2 Å². The highest BCUT2D eigenvalue weighted by Gasteiger charge is 2.52. The van der Waals surface area contributed by atoms with Gasteiger partial charge in [0.2, 0.25) is 0 Å². The number of methoxy groups -OCH3 is 2. The Bertz CT molecular complexity index is 1280. The van der Waals surface area contributed by atoms with E-state index < -0.39 is 24.6 Å². The number of ketones is 1. The number of cyclic esters (lactones) is 1. The fraction of sp³-hybridized carbons (Fsp3) is 0.850. The lowest BCUT2D eigenvalue weighted by molar-refractivity contribution is -0.311. The molecule has 3 saturated heterocycles. The lowest BCUT2D eigenvalue weighted by Gasteiger charge is -2.42. The summed E-state index contributed by atoms with van der Waals surface area (Å²) in [6, 6.07) is 0.334. The SMILES string of the molecule is CC[C@H]1CCC[C@H](O[C@H]2CC[C@H](N(C)C)[C@@H](C)O2)[C@@H](C)C(=O)C2=C[C@@H]3[C@@H](C=C[C@@H]4C[C@@H](O[C@@H]5O[C@@H](C)[C@H](OC)[C@@H](O)[C@H]5OC)C[C@@H]34)[C@@H]2CC(=O)O1.[HH]. The molecule has 3 heterocycles. The van der Waals surface area contributed by atoms with Crippen LogP contribution < -0.4 is 0 Å². The quantitative estimate of drug-likeness (QED) is 0.267. The number of carbonyl (C=O) groups excluding carboxylic acids is 2. The summed E-state index contributed by atoms with van der Waals surface area (Å²) in [5, 5.41) is 10.9. The molecule has 11 heteroatoms. The van der Waals surface area contributed by atoms with Crippen molar-refractivity contribution >= 4 is 11.8 Å². The molecule has 6 rings (SSSR count). The summed E-state index contributed by atoms with van der Waals surface area (Å²) < 4.78 is 43.0. The van der Waals surface area contributed by atoms with E-state index in [1.807, 2.05) is 13.8 Å². The Hall–Kier alpha value is -1.70. The number of likely N-dealkylation sites (N-methyl/N-ethyl adjacent to an activating group) is 1. The summed E-state index contributed by atoms with van der Waals surface area (Å²) in [7, 11) is 7.28. The Balaban J connectivity index is 0.00000523. The van der Waals surface area contributed by atoms with Crippen molar-refractivity contribution in [2.24, 2.45) is 35.5 Å². The zero-order chi connectivity index (χ0) is 36.6. The minimum atomic E-state index is -0.880. The summed E-state index contributed by atoms with van der Waals surface area (Å²) >= 11 is 0. The van der Waals surface area contributed by atoms with E-state index in [-0.39, 0.29) is 91.9 Å². The molecule has 3 aliphatic heterocycles. The number of carbonyl (C=O) groups is 2. The number of aliphatic hydroxyl groups excluding tert-OH is 1. The number of esters is 1. The van der Waals surface area contributed by atoms with Crippen LogP contribution in [0.1, 0.15) is 86.9 Å². The second-order valence-corrected chi connectivity index (χ2v) is 16.3. The standard InChI is InChI=1S/C40H63NO10.H2/c1-9-25-11-10-12-33(51-35-16-15-32(41(5)6)22(3)47-35)21(2)36(43)31-19-29-27(30(31)20-34(42)49-25)14-13-24-17-26(18-28(24)29)50-40-39(46-8)37(44)38(45-7)23(4)48-40;/h13-14,19,21-30,32-33,35,37-40,44H,9-12,15-18,20H2,1-8H3;1H/t21-,22-,23+,24-,25+,26-,27-,28-,29-,30+,32+,33+,35+,37-,38+,39-,40+;/m1./s1. The Labute approximate surface area is 306 Å². The average Bonchev–Trinajstić information content (AvgIpc) is 3.67. The third-order valence-electron chi connectivity index (χ3n) is 13.0. The van der Waals surface area contributed by atoms with Crippen LogP contribution >= 0.6 is 0 Å². The highest BCUT2D eigenvalue weighted by molar-refractivity contribution is 5.99. The van der Waals surface area contributed by atoms with Crippen LogP contribution in [-0.4, -0.2) is 118 Å². The lowest BCUT2D eigenvalue weighted by atomic mass is 9.70. The van der Waals surface area contributed by atoms with Gasteiger partial charge >= 0.3 is 5.97 Å². The molecule has 1 N–H and O–H groups in total. The number of allylic oxidation sites excluding steroid dienone is 4. The summed E-state index contributed by atoms with van der Waals surface area (Å²) in [6.45, 7) is 8.04. The molecular formula is C40H65NO10. The molecule has 0 aromatic carbocycles. The second kappa shape index (κ2) is 16.8. The zero-order valence-corrected chi connectivity index (χ0v) is 32.0. The molecule has 4 fully saturated rings. The van der Waals surface area contributed by atoms with Crippen LogP contribution in [0, 0.1) is 35.5 Å². The lowest BCUT2D eigenvalue weighted by Crippen LogP contribution is -2.59. The van der Waals surface area contributed by atoms with Crippen molar-refractivity contribution in [2.45, 2.75) is 153 Å². The van der Waals surface area contributed by atoms with Crippen molar-refractivity contribution in [1.82, 2.24) is 4.90 Å². The van der Waals surface area contributed by atoms with E-state index in [4.69, 9.17) is 33.2 Å². The van der Waals surface area contributed by atoms with Crippen molar-refractivity contribution in [3.8, 4) is 0 Å². The van der Waals surface area contributed by atoms with Gasteiger partial charge in [-0.1, -0.05) is 32.1 Å². The molecule has 17 atom stereocenters. The molecule has 51 heavy (non-hydrogen) atoms. The maximum Gasteiger partial charge on any atom is 0.306 e. The third-order valence-corrected chi connectivity index (χ3v) is 13.0. The first-order valence-corrected chi connectivity index (χ1v) is 19.6. The van der Waals surface area contributed by atoms with E-state index in [0.717, 1.165) is 50.5 Å². The summed E-state index contributed by atoms with van der Waals surface area (Å²) in [6.07, 6.45) is 9.22. The van der Waals surface area contributed by atoms with Gasteiger partial charge in [0.05, 0.1) is 30.8 Å². The predicted octanol–water partition coefficient (Wildman–Crippen LogP) is 5.08. The second-order valence-electron chi connectivity index (χ2n) is 16.3.